The number of aromatic nitrogens is 3. The van der Waals surface area contributed by atoms with Crippen molar-refractivity contribution < 1.29 is 0 Å². The van der Waals surface area contributed by atoms with Crippen molar-refractivity contribution in [2.45, 2.75) is 62.3 Å². The zero-order chi connectivity index (χ0) is 71.3. The highest BCUT2D eigenvalue weighted by Gasteiger charge is 2.08. The van der Waals surface area contributed by atoms with Gasteiger partial charge in [0.15, 0.2) is 0 Å². The standard InChI is InChI=1S/C19H16.3C13H10S.C13H12.C7H8.3C6H7N/c1-15-12-18(16-8-4-2-5-9-16)14-19(13-15)17-10-6-3-7-11-17;1-9-5-4-7-11-10-6-2-3-8-12(10)14-13(9)11;1-9-6-7-13-11(8-9)10-4-2-3-5-12(10)14-13;1-9-6-7-11-10-4-2-3-5-12(10)14-13(11)8-9;1-11-7-5-6-10-13(11)12-8-3-2-4-9-12;1-7-5-3-2-4-6-7;1-6-2-4-7-5-3-6;1-6-3-2-4-7-5-6;1-6-4-2-3-5-7-6/h2-14H,1H3;3*2-8H,1H3;2-10H,1H3;2-6H,1H3;3*2-5H,1H3. The van der Waals surface area contributed by atoms with Crippen molar-refractivity contribution in [1.29, 1.82) is 0 Å². The topological polar surface area (TPSA) is 38.7 Å². The predicted molar refractivity (Wildman–Crippen MR) is 449 cm³/mol. The molecule has 0 atom stereocenters. The molecule has 0 unspecified atom stereocenters. The van der Waals surface area contributed by atoms with E-state index < -0.39 is 0 Å². The molecule has 3 nitrogen and oxygen atoms in total. The molecular formula is C96H87N3S3. The lowest BCUT2D eigenvalue weighted by Gasteiger charge is -2.08. The number of hydrogen-bond acceptors (Lipinski definition) is 6. The second-order valence-electron chi connectivity index (χ2n) is 24.9. The molecule has 0 bridgehead atoms. The van der Waals surface area contributed by atoms with Crippen LogP contribution in [0.15, 0.2) is 365 Å². The van der Waals surface area contributed by atoms with Gasteiger partial charge in [0.05, 0.1) is 0 Å². The first-order chi connectivity index (χ1) is 49.8. The molecule has 0 aliphatic rings. The molecule has 504 valence electrons. The largest absolute Gasteiger partial charge is 0.265 e. The molecule has 0 aliphatic heterocycles. The normalized spacial score (nSPS) is 10.2. The Morgan fingerprint density at radius 1 is 0.216 bits per heavy atom. The number of benzene rings is 12. The van der Waals surface area contributed by atoms with Crippen LogP contribution in [0.5, 0.6) is 0 Å². The zero-order valence-electron chi connectivity index (χ0n) is 59.7. The van der Waals surface area contributed by atoms with Crippen LogP contribution in [-0.2, 0) is 0 Å². The van der Waals surface area contributed by atoms with Gasteiger partial charge in [0.25, 0.3) is 0 Å². The third kappa shape index (κ3) is 21.9. The van der Waals surface area contributed by atoms with Crippen LogP contribution in [0.1, 0.15) is 50.2 Å². The van der Waals surface area contributed by atoms with Gasteiger partial charge in [-0.3, -0.25) is 15.0 Å². The summed E-state index contributed by atoms with van der Waals surface area (Å²) in [4.78, 5) is 11.7. The monoisotopic (exact) mass is 1380 g/mol. The van der Waals surface area contributed by atoms with Gasteiger partial charge in [-0.25, -0.2) is 0 Å². The van der Waals surface area contributed by atoms with Crippen LogP contribution in [0.2, 0.25) is 0 Å². The van der Waals surface area contributed by atoms with Gasteiger partial charge in [-0.15, -0.1) is 34.0 Å². The number of thiophene rings is 3. The van der Waals surface area contributed by atoms with E-state index in [1.54, 1.807) is 24.8 Å². The molecule has 12 aromatic carbocycles. The van der Waals surface area contributed by atoms with E-state index in [1.807, 2.05) is 128 Å². The summed E-state index contributed by atoms with van der Waals surface area (Å²) in [6.45, 7) is 18.9. The van der Waals surface area contributed by atoms with Gasteiger partial charge in [0.2, 0.25) is 0 Å². The van der Waals surface area contributed by atoms with Crippen LogP contribution >= 0.6 is 34.0 Å². The molecule has 18 aromatic rings. The molecule has 0 saturated heterocycles. The summed E-state index contributed by atoms with van der Waals surface area (Å²) < 4.78 is 8.36. The molecule has 6 heteroatoms. The number of pyridine rings is 3. The van der Waals surface area contributed by atoms with E-state index >= 15 is 0 Å². The quantitative estimate of drug-likeness (QED) is 0.177. The van der Waals surface area contributed by atoms with Gasteiger partial charge in [-0.05, 0) is 202 Å². The van der Waals surface area contributed by atoms with E-state index in [9.17, 15) is 0 Å². The molecule has 0 spiro atoms. The maximum Gasteiger partial charge on any atom is 0.0384 e. The fourth-order valence-corrected chi connectivity index (χ4v) is 14.8. The summed E-state index contributed by atoms with van der Waals surface area (Å²) in [5.41, 5.74) is 19.2. The molecule has 0 saturated carbocycles. The molecule has 6 heterocycles. The molecular weight excluding hydrogens is 1290 g/mol. The zero-order valence-corrected chi connectivity index (χ0v) is 62.2. The summed E-state index contributed by atoms with van der Waals surface area (Å²) in [7, 11) is 0. The Balaban J connectivity index is 0.000000126. The van der Waals surface area contributed by atoms with Crippen molar-refractivity contribution in [3.05, 3.63) is 415 Å². The number of hydrogen-bond donors (Lipinski definition) is 0. The van der Waals surface area contributed by atoms with Gasteiger partial charge >= 0.3 is 0 Å². The van der Waals surface area contributed by atoms with E-state index in [0.29, 0.717) is 0 Å². The maximum absolute atomic E-state index is 3.98. The lowest BCUT2D eigenvalue weighted by molar-refractivity contribution is 1.20. The highest BCUT2D eigenvalue weighted by atomic mass is 32.1. The summed E-state index contributed by atoms with van der Waals surface area (Å²) in [5.74, 6) is 0. The lowest BCUT2D eigenvalue weighted by Crippen LogP contribution is -1.84. The second kappa shape index (κ2) is 38.4. The van der Waals surface area contributed by atoms with E-state index in [1.165, 1.54) is 138 Å². The third-order valence-corrected chi connectivity index (χ3v) is 20.2. The Morgan fingerprint density at radius 3 is 1.18 bits per heavy atom. The highest BCUT2D eigenvalue weighted by Crippen LogP contribution is 2.37. The predicted octanol–water partition coefficient (Wildman–Crippen LogP) is 28.2. The van der Waals surface area contributed by atoms with Gasteiger partial charge in [0.1, 0.15) is 0 Å². The highest BCUT2D eigenvalue weighted by molar-refractivity contribution is 7.26. The van der Waals surface area contributed by atoms with Gasteiger partial charge in [-0.2, -0.15) is 0 Å². The van der Waals surface area contributed by atoms with Crippen molar-refractivity contribution >= 4 is 94.5 Å². The van der Waals surface area contributed by atoms with Crippen molar-refractivity contribution in [1.82, 2.24) is 15.0 Å². The van der Waals surface area contributed by atoms with E-state index in [0.717, 1.165) is 5.69 Å². The maximum atomic E-state index is 3.98. The van der Waals surface area contributed by atoms with Crippen LogP contribution in [0, 0.1) is 62.3 Å². The summed E-state index contributed by atoms with van der Waals surface area (Å²) in [6, 6.07) is 116. The SMILES string of the molecule is Cc1cc(-c2ccccc2)cc(-c2ccccc2)c1.Cc1ccc2c(c1)sc1ccccc12.Cc1ccc2sc3ccccc3c2c1.Cc1cccc2c1sc1ccccc12.Cc1ccccc1.Cc1ccccc1-c1ccccc1.Cc1ccccn1.Cc1cccnc1.Cc1ccncc1. The van der Waals surface area contributed by atoms with Crippen molar-refractivity contribution in [2.75, 3.05) is 0 Å². The summed E-state index contributed by atoms with van der Waals surface area (Å²) >= 11 is 5.63. The third-order valence-electron chi connectivity index (χ3n) is 16.6. The molecule has 18 rings (SSSR count). The first-order valence-corrected chi connectivity index (χ1v) is 36.9. The Morgan fingerprint density at radius 2 is 0.667 bits per heavy atom. The molecule has 0 fully saturated rings. The molecule has 6 aromatic heterocycles. The number of fused-ring (bicyclic) bond motifs is 9. The van der Waals surface area contributed by atoms with E-state index in [-0.39, 0.29) is 0 Å². The van der Waals surface area contributed by atoms with Gasteiger partial charge in [0, 0.05) is 97.2 Å². The minimum absolute atomic E-state index is 1.07. The second-order valence-corrected chi connectivity index (χ2v) is 28.1. The first kappa shape index (κ1) is 73.5. The fraction of sp³-hybridized carbons (Fsp3) is 0.0938. The molecule has 102 heavy (non-hydrogen) atoms. The number of rotatable bonds is 3. The Hall–Kier alpha value is -11.3. The average Bonchev–Trinajstić information content (AvgIpc) is 1.64. The Labute approximate surface area is 615 Å². The molecule has 0 N–H and O–H groups in total. The van der Waals surface area contributed by atoms with Crippen molar-refractivity contribution in [2.24, 2.45) is 0 Å². The Kier molecular flexibility index (Phi) is 27.6. The minimum atomic E-state index is 1.07. The number of aryl methyl sites for hydroxylation is 9. The van der Waals surface area contributed by atoms with Crippen LogP contribution in [0.4, 0.5) is 0 Å². The van der Waals surface area contributed by atoms with Crippen molar-refractivity contribution in [3.8, 4) is 33.4 Å². The van der Waals surface area contributed by atoms with Crippen LogP contribution in [-0.4, -0.2) is 15.0 Å². The molecule has 0 amide bonds. The van der Waals surface area contributed by atoms with Gasteiger partial charge in [-0.1, -0.05) is 272 Å². The Bertz CT molecular complexity index is 5260. The summed E-state index contributed by atoms with van der Waals surface area (Å²) in [6.07, 6.45) is 8.97. The van der Waals surface area contributed by atoms with E-state index in [2.05, 4.69) is 323 Å². The minimum Gasteiger partial charge on any atom is -0.265 e. The molecule has 0 aliphatic carbocycles. The molecule has 0 radical (unpaired) electrons. The van der Waals surface area contributed by atoms with Gasteiger partial charge < -0.3 is 0 Å². The van der Waals surface area contributed by atoms with E-state index in [4.69, 9.17) is 0 Å². The van der Waals surface area contributed by atoms with Crippen LogP contribution in [0.3, 0.4) is 0 Å². The first-order valence-electron chi connectivity index (χ1n) is 34.4. The van der Waals surface area contributed by atoms with Crippen molar-refractivity contribution in [3.63, 3.8) is 0 Å². The number of nitrogens with zero attached hydrogens (tertiary/aromatic N) is 3. The van der Waals surface area contributed by atoms with Crippen LogP contribution < -0.4 is 0 Å². The van der Waals surface area contributed by atoms with Crippen LogP contribution in [0.25, 0.3) is 93.9 Å². The lowest BCUT2D eigenvalue weighted by atomic mass is 9.97. The fourth-order valence-electron chi connectivity index (χ4n) is 11.3. The average molecular weight is 1380 g/mol. The summed E-state index contributed by atoms with van der Waals surface area (Å²) in [5, 5.41) is 8.33. The smallest absolute Gasteiger partial charge is 0.0384 e.